The maximum Gasteiger partial charge on any atom is 0.338 e. The fraction of sp³-hybridized carbons (Fsp3) is 0.250. The van der Waals surface area contributed by atoms with Crippen molar-refractivity contribution in [1.82, 2.24) is 9.55 Å². The average Bonchev–Trinajstić information content (AvgIpc) is 3.08. The van der Waals surface area contributed by atoms with Crippen molar-refractivity contribution in [2.45, 2.75) is 31.0 Å². The quantitative estimate of drug-likeness (QED) is 0.552. The molecule has 3 aromatic rings. The molecular formula is C24H21FN2O7. The minimum absolute atomic E-state index is 0.183. The Hall–Kier alpha value is -4.05. The van der Waals surface area contributed by atoms with Crippen LogP contribution >= 0.6 is 0 Å². The summed E-state index contributed by atoms with van der Waals surface area (Å²) in [4.78, 5) is 50.8. The molecule has 1 N–H and O–H groups in total. The van der Waals surface area contributed by atoms with E-state index in [4.69, 9.17) is 14.2 Å². The second kappa shape index (κ2) is 9.44. The summed E-state index contributed by atoms with van der Waals surface area (Å²) in [5, 5.41) is 0. The number of aromatic amines is 1. The van der Waals surface area contributed by atoms with Gasteiger partial charge in [0.05, 0.1) is 11.1 Å². The van der Waals surface area contributed by atoms with Gasteiger partial charge in [-0.2, -0.15) is 0 Å². The third-order valence-corrected chi connectivity index (χ3v) is 5.42. The molecule has 1 fully saturated rings. The number of hydrogen-bond donors (Lipinski definition) is 1. The van der Waals surface area contributed by atoms with Crippen LogP contribution in [0.2, 0.25) is 0 Å². The van der Waals surface area contributed by atoms with E-state index in [0.717, 1.165) is 23.8 Å². The topological polar surface area (TPSA) is 117 Å². The van der Waals surface area contributed by atoms with Crippen molar-refractivity contribution in [2.75, 3.05) is 6.61 Å². The summed E-state index contributed by atoms with van der Waals surface area (Å²) in [6, 6.07) is 17.1. The van der Waals surface area contributed by atoms with E-state index in [1.165, 1.54) is 12.1 Å². The molecular weight excluding hydrogens is 447 g/mol. The van der Waals surface area contributed by atoms with E-state index >= 15 is 4.39 Å². The van der Waals surface area contributed by atoms with Crippen LogP contribution in [0.25, 0.3) is 0 Å². The average molecular weight is 468 g/mol. The minimum atomic E-state index is -2.42. The zero-order chi connectivity index (χ0) is 24.3. The number of ether oxygens (including phenoxy) is 3. The highest BCUT2D eigenvalue weighted by atomic mass is 19.1. The van der Waals surface area contributed by atoms with E-state index < -0.39 is 53.9 Å². The maximum atomic E-state index is 16.1. The molecule has 2 heterocycles. The van der Waals surface area contributed by atoms with Gasteiger partial charge in [0, 0.05) is 12.3 Å². The van der Waals surface area contributed by atoms with Gasteiger partial charge in [-0.1, -0.05) is 36.4 Å². The van der Waals surface area contributed by atoms with Crippen LogP contribution in [0.15, 0.2) is 82.5 Å². The number of nitrogens with zero attached hydrogens (tertiary/aromatic N) is 1. The lowest BCUT2D eigenvalue weighted by atomic mass is 9.98. The van der Waals surface area contributed by atoms with Crippen molar-refractivity contribution in [3.05, 3.63) is 105 Å². The second-order valence-corrected chi connectivity index (χ2v) is 7.85. The summed E-state index contributed by atoms with van der Waals surface area (Å²) in [5.74, 6) is -1.49. The largest absolute Gasteiger partial charge is 0.459 e. The molecule has 0 saturated carbocycles. The maximum absolute atomic E-state index is 16.1. The van der Waals surface area contributed by atoms with E-state index in [0.29, 0.717) is 0 Å². The first-order chi connectivity index (χ1) is 16.3. The molecule has 0 spiro atoms. The second-order valence-electron chi connectivity index (χ2n) is 7.85. The third-order valence-electron chi connectivity index (χ3n) is 5.42. The molecule has 34 heavy (non-hydrogen) atoms. The van der Waals surface area contributed by atoms with E-state index in [2.05, 4.69) is 0 Å². The number of carbonyl (C=O) groups excluding carboxylic acids is 2. The minimum Gasteiger partial charge on any atom is -0.459 e. The monoisotopic (exact) mass is 468 g/mol. The first-order valence-electron chi connectivity index (χ1n) is 10.4. The first kappa shape index (κ1) is 23.1. The van der Waals surface area contributed by atoms with Crippen LogP contribution in [0.4, 0.5) is 4.39 Å². The molecule has 9 nitrogen and oxygen atoms in total. The summed E-state index contributed by atoms with van der Waals surface area (Å²) < 4.78 is 33.4. The number of benzene rings is 2. The molecule has 4 atom stereocenters. The Bertz CT molecular complexity index is 1290. The molecule has 0 amide bonds. The Kier molecular flexibility index (Phi) is 6.42. The Morgan fingerprint density at radius 2 is 1.59 bits per heavy atom. The molecule has 0 bridgehead atoms. The van der Waals surface area contributed by atoms with Gasteiger partial charge in [0.15, 0.2) is 18.0 Å². The van der Waals surface area contributed by atoms with Crippen LogP contribution in [0.5, 0.6) is 0 Å². The highest BCUT2D eigenvalue weighted by molar-refractivity contribution is 5.90. The van der Waals surface area contributed by atoms with Gasteiger partial charge in [-0.15, -0.1) is 0 Å². The number of H-pyrrole nitrogens is 1. The lowest BCUT2D eigenvalue weighted by Crippen LogP contribution is -2.46. The number of rotatable bonds is 6. The van der Waals surface area contributed by atoms with Gasteiger partial charge in [0.25, 0.3) is 5.56 Å². The van der Waals surface area contributed by atoms with Crippen molar-refractivity contribution in [3.8, 4) is 0 Å². The number of halogens is 1. The van der Waals surface area contributed by atoms with Gasteiger partial charge < -0.3 is 14.2 Å². The van der Waals surface area contributed by atoms with E-state index in [-0.39, 0.29) is 11.1 Å². The van der Waals surface area contributed by atoms with Gasteiger partial charge in [0.2, 0.25) is 0 Å². The van der Waals surface area contributed by atoms with Crippen LogP contribution in [0, 0.1) is 0 Å². The summed E-state index contributed by atoms with van der Waals surface area (Å²) in [6.07, 6.45) is -3.25. The smallest absolute Gasteiger partial charge is 0.338 e. The van der Waals surface area contributed by atoms with Crippen molar-refractivity contribution in [1.29, 1.82) is 0 Å². The SMILES string of the molecule is C[C@@]1(F)[C@H](OC(=O)c2ccccc2)[C@@H](COC(=O)c2ccccc2)O[C@H]1n1ccc(=O)[nH]c1=O. The number of hydrogen-bond acceptors (Lipinski definition) is 7. The number of aromatic nitrogens is 2. The number of esters is 2. The van der Waals surface area contributed by atoms with Gasteiger partial charge in [-0.25, -0.2) is 18.8 Å². The van der Waals surface area contributed by atoms with Crippen LogP contribution in [-0.2, 0) is 14.2 Å². The molecule has 10 heteroatoms. The highest BCUT2D eigenvalue weighted by Gasteiger charge is 2.58. The predicted molar refractivity (Wildman–Crippen MR) is 117 cm³/mol. The summed E-state index contributed by atoms with van der Waals surface area (Å²) in [7, 11) is 0. The van der Waals surface area contributed by atoms with Gasteiger partial charge in [-0.05, 0) is 31.2 Å². The number of alkyl halides is 1. The molecule has 176 valence electrons. The van der Waals surface area contributed by atoms with Crippen LogP contribution in [0.1, 0.15) is 33.9 Å². The zero-order valence-electron chi connectivity index (χ0n) is 18.1. The Morgan fingerprint density at radius 1 is 1.00 bits per heavy atom. The Labute approximate surface area is 192 Å². The van der Waals surface area contributed by atoms with Crippen molar-refractivity contribution in [2.24, 2.45) is 0 Å². The van der Waals surface area contributed by atoms with E-state index in [1.54, 1.807) is 48.5 Å². The fourth-order valence-corrected chi connectivity index (χ4v) is 3.71. The van der Waals surface area contributed by atoms with E-state index in [9.17, 15) is 19.2 Å². The van der Waals surface area contributed by atoms with Crippen LogP contribution < -0.4 is 11.2 Å². The van der Waals surface area contributed by atoms with Gasteiger partial charge in [-0.3, -0.25) is 14.3 Å². The summed E-state index contributed by atoms with van der Waals surface area (Å²) in [6.45, 7) is 0.658. The zero-order valence-corrected chi connectivity index (χ0v) is 18.1. The Balaban J connectivity index is 1.62. The molecule has 1 aliphatic heterocycles. The standard InChI is InChI=1S/C24H21FN2O7/c1-24(25)19(34-21(30)16-10-6-3-7-11-16)17(14-32-20(29)15-8-4-2-5-9-15)33-22(24)27-13-12-18(28)26-23(27)31/h2-13,17,19,22H,14H2,1H3,(H,26,28,31)/t17-,19-,22-,24-/m1/s1. The van der Waals surface area contributed by atoms with Crippen molar-refractivity contribution >= 4 is 11.9 Å². The van der Waals surface area contributed by atoms with Crippen molar-refractivity contribution < 1.29 is 28.2 Å². The number of nitrogens with one attached hydrogen (secondary N) is 1. The van der Waals surface area contributed by atoms with Crippen LogP contribution in [0.3, 0.4) is 0 Å². The molecule has 1 saturated heterocycles. The molecule has 0 aliphatic carbocycles. The molecule has 0 radical (unpaired) electrons. The predicted octanol–water partition coefficient (Wildman–Crippen LogP) is 2.24. The van der Waals surface area contributed by atoms with Gasteiger partial charge in [0.1, 0.15) is 12.7 Å². The molecule has 4 rings (SSSR count). The van der Waals surface area contributed by atoms with Crippen molar-refractivity contribution in [3.63, 3.8) is 0 Å². The van der Waals surface area contributed by atoms with Gasteiger partial charge >= 0.3 is 17.6 Å². The lowest BCUT2D eigenvalue weighted by molar-refractivity contribution is -0.0649. The van der Waals surface area contributed by atoms with Crippen LogP contribution in [-0.4, -0.2) is 46.0 Å². The fourth-order valence-electron chi connectivity index (χ4n) is 3.71. The molecule has 0 unspecified atom stereocenters. The summed E-state index contributed by atoms with van der Waals surface area (Å²) >= 11 is 0. The highest BCUT2D eigenvalue weighted by Crippen LogP contribution is 2.42. The van der Waals surface area contributed by atoms with E-state index in [1.807, 2.05) is 4.98 Å². The third kappa shape index (κ3) is 4.67. The first-order valence-corrected chi connectivity index (χ1v) is 10.4. The molecule has 1 aliphatic rings. The molecule has 2 aromatic carbocycles. The Morgan fingerprint density at radius 3 is 2.18 bits per heavy atom. The normalized spacial score (nSPS) is 23.9. The summed E-state index contributed by atoms with van der Waals surface area (Å²) in [5.41, 5.74) is -3.54. The lowest BCUT2D eigenvalue weighted by Gasteiger charge is -2.27. The number of carbonyl (C=O) groups is 2. The molecule has 1 aromatic heterocycles.